The summed E-state index contributed by atoms with van der Waals surface area (Å²) >= 11 is 0. The molecule has 20 heavy (non-hydrogen) atoms. The number of carbonyl (C=O) groups excluding carboxylic acids is 1. The van der Waals surface area contributed by atoms with Crippen molar-refractivity contribution in [2.24, 2.45) is 5.73 Å². The van der Waals surface area contributed by atoms with Crippen molar-refractivity contribution in [1.82, 2.24) is 4.90 Å². The van der Waals surface area contributed by atoms with Gasteiger partial charge in [0.2, 0.25) is 5.91 Å². The van der Waals surface area contributed by atoms with E-state index in [9.17, 15) is 9.18 Å². The SMILES string of the molecule is CC[C@@H](N)C(=O)N1CCN(c2ccccc2F)CC1.Cl. The number of hydrogen-bond acceptors (Lipinski definition) is 3. The topological polar surface area (TPSA) is 49.6 Å². The number of rotatable bonds is 3. The van der Waals surface area contributed by atoms with Crippen LogP contribution in [0.15, 0.2) is 24.3 Å². The Morgan fingerprint density at radius 2 is 1.90 bits per heavy atom. The minimum Gasteiger partial charge on any atom is -0.366 e. The molecule has 0 aromatic heterocycles. The Hall–Kier alpha value is -1.33. The quantitative estimate of drug-likeness (QED) is 0.923. The summed E-state index contributed by atoms with van der Waals surface area (Å²) in [6.45, 7) is 4.38. The van der Waals surface area contributed by atoms with Crippen molar-refractivity contribution in [3.63, 3.8) is 0 Å². The molecule has 1 aliphatic rings. The average Bonchev–Trinajstić information content (AvgIpc) is 2.46. The molecule has 0 radical (unpaired) electrons. The predicted molar refractivity (Wildman–Crippen MR) is 80.7 cm³/mol. The van der Waals surface area contributed by atoms with Crippen molar-refractivity contribution >= 4 is 24.0 Å². The molecular formula is C14H21ClFN3O. The van der Waals surface area contributed by atoms with Gasteiger partial charge in [-0.25, -0.2) is 4.39 Å². The smallest absolute Gasteiger partial charge is 0.239 e. The van der Waals surface area contributed by atoms with E-state index in [2.05, 4.69) is 0 Å². The molecule has 0 spiro atoms. The van der Waals surface area contributed by atoms with Gasteiger partial charge in [-0.2, -0.15) is 0 Å². The number of nitrogens with zero attached hydrogens (tertiary/aromatic N) is 2. The normalized spacial score (nSPS) is 16.6. The van der Waals surface area contributed by atoms with E-state index in [0.717, 1.165) is 0 Å². The van der Waals surface area contributed by atoms with Crippen LogP contribution in [0.5, 0.6) is 0 Å². The maximum Gasteiger partial charge on any atom is 0.239 e. The molecule has 0 saturated carbocycles. The largest absolute Gasteiger partial charge is 0.366 e. The summed E-state index contributed by atoms with van der Waals surface area (Å²) in [6, 6.07) is 6.31. The molecule has 1 atom stereocenters. The molecule has 0 bridgehead atoms. The Balaban J connectivity index is 0.00000200. The summed E-state index contributed by atoms with van der Waals surface area (Å²) in [5.41, 5.74) is 6.36. The molecule has 0 aliphatic carbocycles. The first-order valence-corrected chi connectivity index (χ1v) is 6.67. The van der Waals surface area contributed by atoms with E-state index >= 15 is 0 Å². The van der Waals surface area contributed by atoms with Crippen LogP contribution < -0.4 is 10.6 Å². The lowest BCUT2D eigenvalue weighted by atomic mass is 10.2. The van der Waals surface area contributed by atoms with Crippen molar-refractivity contribution in [1.29, 1.82) is 0 Å². The number of hydrogen-bond donors (Lipinski definition) is 1. The van der Waals surface area contributed by atoms with E-state index in [4.69, 9.17) is 5.73 Å². The zero-order chi connectivity index (χ0) is 13.8. The molecule has 4 nitrogen and oxygen atoms in total. The number of piperazine rings is 1. The zero-order valence-electron chi connectivity index (χ0n) is 11.6. The number of carbonyl (C=O) groups is 1. The Bertz CT molecular complexity index is 450. The minimum absolute atomic E-state index is 0. The number of anilines is 1. The lowest BCUT2D eigenvalue weighted by Crippen LogP contribution is -2.53. The predicted octanol–water partition coefficient (Wildman–Crippen LogP) is 1.63. The Morgan fingerprint density at radius 1 is 1.30 bits per heavy atom. The molecule has 6 heteroatoms. The molecular weight excluding hydrogens is 281 g/mol. The van der Waals surface area contributed by atoms with E-state index in [0.29, 0.717) is 38.3 Å². The molecule has 1 aromatic carbocycles. The second kappa shape index (κ2) is 7.45. The highest BCUT2D eigenvalue weighted by atomic mass is 35.5. The number of benzene rings is 1. The van der Waals surface area contributed by atoms with E-state index < -0.39 is 6.04 Å². The van der Waals surface area contributed by atoms with Crippen LogP contribution >= 0.6 is 12.4 Å². The van der Waals surface area contributed by atoms with E-state index in [-0.39, 0.29) is 24.1 Å². The third-order valence-electron chi connectivity index (χ3n) is 3.54. The lowest BCUT2D eigenvalue weighted by Gasteiger charge is -2.37. The van der Waals surface area contributed by atoms with E-state index in [1.165, 1.54) is 6.07 Å². The molecule has 1 saturated heterocycles. The second-order valence-corrected chi connectivity index (χ2v) is 4.78. The molecule has 1 fully saturated rings. The summed E-state index contributed by atoms with van der Waals surface area (Å²) in [5, 5.41) is 0. The van der Waals surface area contributed by atoms with Gasteiger partial charge in [0, 0.05) is 26.2 Å². The number of amides is 1. The zero-order valence-corrected chi connectivity index (χ0v) is 12.4. The van der Waals surface area contributed by atoms with Gasteiger partial charge in [0.15, 0.2) is 0 Å². The van der Waals surface area contributed by atoms with Gasteiger partial charge in [0.25, 0.3) is 0 Å². The summed E-state index contributed by atoms with van der Waals surface area (Å²) < 4.78 is 13.7. The van der Waals surface area contributed by atoms with Crippen LogP contribution in [0.2, 0.25) is 0 Å². The average molecular weight is 302 g/mol. The van der Waals surface area contributed by atoms with Crippen molar-refractivity contribution in [3.05, 3.63) is 30.1 Å². The molecule has 1 aromatic rings. The first-order valence-electron chi connectivity index (χ1n) is 6.67. The van der Waals surface area contributed by atoms with Gasteiger partial charge in [-0.05, 0) is 18.6 Å². The molecule has 2 N–H and O–H groups in total. The van der Waals surface area contributed by atoms with Crippen molar-refractivity contribution in [3.8, 4) is 0 Å². The van der Waals surface area contributed by atoms with Crippen molar-refractivity contribution < 1.29 is 9.18 Å². The monoisotopic (exact) mass is 301 g/mol. The summed E-state index contributed by atoms with van der Waals surface area (Å²) in [5.74, 6) is -0.219. The molecule has 1 heterocycles. The maximum atomic E-state index is 13.7. The van der Waals surface area contributed by atoms with Crippen LogP contribution in [-0.2, 0) is 4.79 Å². The fourth-order valence-electron chi connectivity index (χ4n) is 2.29. The third-order valence-corrected chi connectivity index (χ3v) is 3.54. The van der Waals surface area contributed by atoms with Crippen LogP contribution in [0, 0.1) is 5.82 Å². The Kier molecular flexibility index (Phi) is 6.23. The van der Waals surface area contributed by atoms with Crippen molar-refractivity contribution in [2.45, 2.75) is 19.4 Å². The highest BCUT2D eigenvalue weighted by Crippen LogP contribution is 2.20. The summed E-state index contributed by atoms with van der Waals surface area (Å²) in [7, 11) is 0. The van der Waals surface area contributed by atoms with Crippen LogP contribution in [0.1, 0.15) is 13.3 Å². The first-order chi connectivity index (χ1) is 9.13. The fourth-order valence-corrected chi connectivity index (χ4v) is 2.29. The summed E-state index contributed by atoms with van der Waals surface area (Å²) in [4.78, 5) is 15.7. The highest BCUT2D eigenvalue weighted by molar-refractivity contribution is 5.85. The first kappa shape index (κ1) is 16.7. The number of nitrogens with two attached hydrogens (primary N) is 1. The molecule has 1 amide bonds. The van der Waals surface area contributed by atoms with Gasteiger partial charge < -0.3 is 15.5 Å². The lowest BCUT2D eigenvalue weighted by molar-refractivity contribution is -0.132. The Labute approximate surface area is 125 Å². The van der Waals surface area contributed by atoms with Gasteiger partial charge >= 0.3 is 0 Å². The summed E-state index contributed by atoms with van der Waals surface area (Å²) in [6.07, 6.45) is 0.645. The van der Waals surface area contributed by atoms with Gasteiger partial charge in [0.05, 0.1) is 11.7 Å². The van der Waals surface area contributed by atoms with Crippen LogP contribution in [0.4, 0.5) is 10.1 Å². The molecule has 1 aliphatic heterocycles. The van der Waals surface area contributed by atoms with Gasteiger partial charge in [-0.3, -0.25) is 4.79 Å². The minimum atomic E-state index is -0.417. The third kappa shape index (κ3) is 3.61. The van der Waals surface area contributed by atoms with Crippen LogP contribution in [0.3, 0.4) is 0 Å². The van der Waals surface area contributed by atoms with Crippen LogP contribution in [0.25, 0.3) is 0 Å². The molecule has 0 unspecified atom stereocenters. The second-order valence-electron chi connectivity index (χ2n) is 4.78. The highest BCUT2D eigenvalue weighted by Gasteiger charge is 2.25. The van der Waals surface area contributed by atoms with Gasteiger partial charge in [-0.15, -0.1) is 12.4 Å². The van der Waals surface area contributed by atoms with E-state index in [1.54, 1.807) is 17.0 Å². The molecule has 112 valence electrons. The van der Waals surface area contributed by atoms with E-state index in [1.807, 2.05) is 17.9 Å². The Morgan fingerprint density at radius 3 is 2.45 bits per heavy atom. The molecule has 2 rings (SSSR count). The maximum absolute atomic E-state index is 13.7. The van der Waals surface area contributed by atoms with Gasteiger partial charge in [0.1, 0.15) is 5.82 Å². The number of para-hydroxylation sites is 1. The van der Waals surface area contributed by atoms with Crippen LogP contribution in [-0.4, -0.2) is 43.0 Å². The number of halogens is 2. The van der Waals surface area contributed by atoms with Crippen molar-refractivity contribution in [2.75, 3.05) is 31.1 Å². The van der Waals surface area contributed by atoms with Gasteiger partial charge in [-0.1, -0.05) is 19.1 Å². The fraction of sp³-hybridized carbons (Fsp3) is 0.500. The standard InChI is InChI=1S/C14H20FN3O.ClH/c1-2-12(16)14(19)18-9-7-17(8-10-18)13-6-4-3-5-11(13)15;/h3-6,12H,2,7-10,16H2,1H3;1H/t12-;/m1./s1.